The molecule has 184 valence electrons. The average molecular weight is 480 g/mol. The lowest BCUT2D eigenvalue weighted by Gasteiger charge is -2.56. The van der Waals surface area contributed by atoms with E-state index < -0.39 is 19.5 Å². The van der Waals surface area contributed by atoms with Crippen molar-refractivity contribution < 1.29 is 14.6 Å². The minimum Gasteiger partial charge on any atom is -0.490 e. The Kier molecular flexibility index (Phi) is 5.98. The molecule has 0 aromatic heterocycles. The van der Waals surface area contributed by atoms with Crippen LogP contribution in [0.1, 0.15) is 64.2 Å². The first-order valence-corrected chi connectivity index (χ1v) is 16.9. The van der Waals surface area contributed by atoms with Gasteiger partial charge in [0.15, 0.2) is 0 Å². The summed E-state index contributed by atoms with van der Waals surface area (Å²) in [6, 6.07) is 13.3. The Balaban J connectivity index is 1.26. The molecule has 0 saturated heterocycles. The second kappa shape index (κ2) is 8.58. The van der Waals surface area contributed by atoms with Crippen molar-refractivity contribution in [3.8, 4) is 5.75 Å². The SMILES string of the molecule is CN(c1ccc2cc(OC3CCC([Si](C)(C)C)CC3)ccc2c1)C12CCC(C(=O)O)(CC1)CC2. The van der Waals surface area contributed by atoms with Crippen molar-refractivity contribution in [2.24, 2.45) is 5.41 Å². The number of fused-ring (bicyclic) bond motifs is 4. The maximum atomic E-state index is 11.8. The number of rotatable bonds is 6. The van der Waals surface area contributed by atoms with Crippen molar-refractivity contribution >= 4 is 30.5 Å². The second-order valence-corrected chi connectivity index (χ2v) is 18.1. The van der Waals surface area contributed by atoms with Gasteiger partial charge in [-0.1, -0.05) is 31.8 Å². The Morgan fingerprint density at radius 2 is 1.50 bits per heavy atom. The summed E-state index contributed by atoms with van der Waals surface area (Å²) in [7, 11) is 1.16. The number of ether oxygens (including phenoxy) is 1. The van der Waals surface area contributed by atoms with Crippen LogP contribution in [-0.4, -0.2) is 37.8 Å². The molecule has 4 aliphatic rings. The summed E-state index contributed by atoms with van der Waals surface area (Å²) in [5.74, 6) is 0.407. The molecule has 4 nitrogen and oxygen atoms in total. The molecule has 5 heteroatoms. The molecule has 4 fully saturated rings. The predicted molar refractivity (Wildman–Crippen MR) is 143 cm³/mol. The number of anilines is 1. The molecular formula is C29H41NO3Si. The highest BCUT2D eigenvalue weighted by Crippen LogP contribution is 2.55. The number of benzene rings is 2. The normalized spacial score (nSPS) is 31.4. The zero-order valence-electron chi connectivity index (χ0n) is 21.4. The maximum absolute atomic E-state index is 11.8. The van der Waals surface area contributed by atoms with Crippen LogP contribution >= 0.6 is 0 Å². The topological polar surface area (TPSA) is 49.8 Å². The van der Waals surface area contributed by atoms with Crippen molar-refractivity contribution in [1.82, 2.24) is 0 Å². The molecule has 4 aliphatic carbocycles. The van der Waals surface area contributed by atoms with Crippen LogP contribution in [0.3, 0.4) is 0 Å². The third-order valence-corrected chi connectivity index (χ3v) is 12.8. The lowest BCUT2D eigenvalue weighted by atomic mass is 9.56. The number of carbonyl (C=O) groups is 1. The lowest BCUT2D eigenvalue weighted by molar-refractivity contribution is -0.156. The highest BCUT2D eigenvalue weighted by Gasteiger charge is 2.54. The van der Waals surface area contributed by atoms with E-state index in [1.165, 1.54) is 42.1 Å². The van der Waals surface area contributed by atoms with Crippen molar-refractivity contribution in [2.45, 2.75) is 101 Å². The van der Waals surface area contributed by atoms with E-state index in [-0.39, 0.29) is 5.54 Å². The second-order valence-electron chi connectivity index (χ2n) is 12.5. The fourth-order valence-electron chi connectivity index (χ4n) is 7.00. The summed E-state index contributed by atoms with van der Waals surface area (Å²) in [6.07, 6.45) is 10.7. The van der Waals surface area contributed by atoms with Gasteiger partial charge in [0, 0.05) is 26.3 Å². The van der Waals surface area contributed by atoms with E-state index in [4.69, 9.17) is 4.74 Å². The third kappa shape index (κ3) is 4.25. The van der Waals surface area contributed by atoms with Gasteiger partial charge in [-0.05, 0) is 105 Å². The van der Waals surface area contributed by atoms with Gasteiger partial charge in [0.1, 0.15) is 5.75 Å². The Bertz CT molecular complexity index is 1040. The predicted octanol–water partition coefficient (Wildman–Crippen LogP) is 7.48. The fourth-order valence-corrected chi connectivity index (χ4v) is 9.06. The Hall–Kier alpha value is -2.01. The molecule has 34 heavy (non-hydrogen) atoms. The first kappa shape index (κ1) is 23.7. The van der Waals surface area contributed by atoms with Gasteiger partial charge >= 0.3 is 5.97 Å². The Morgan fingerprint density at radius 1 is 0.912 bits per heavy atom. The number of hydrogen-bond donors (Lipinski definition) is 1. The number of carboxylic acid groups (broad SMARTS) is 1. The molecule has 0 unspecified atom stereocenters. The van der Waals surface area contributed by atoms with E-state index in [0.29, 0.717) is 6.10 Å². The van der Waals surface area contributed by atoms with E-state index in [9.17, 15) is 9.90 Å². The molecule has 2 aromatic carbocycles. The summed E-state index contributed by atoms with van der Waals surface area (Å²) >= 11 is 0. The van der Waals surface area contributed by atoms with Crippen LogP contribution in [0.4, 0.5) is 5.69 Å². The van der Waals surface area contributed by atoms with Crippen LogP contribution in [0.2, 0.25) is 25.2 Å². The molecule has 0 radical (unpaired) electrons. The minimum absolute atomic E-state index is 0.0999. The van der Waals surface area contributed by atoms with E-state index in [1.807, 2.05) is 0 Å². The molecule has 2 bridgehead atoms. The summed E-state index contributed by atoms with van der Waals surface area (Å²) in [5.41, 5.74) is 1.81. The van der Waals surface area contributed by atoms with E-state index in [0.717, 1.165) is 49.8 Å². The third-order valence-electron chi connectivity index (χ3n) is 9.76. The van der Waals surface area contributed by atoms with Gasteiger partial charge in [0.25, 0.3) is 0 Å². The maximum Gasteiger partial charge on any atom is 0.309 e. The van der Waals surface area contributed by atoms with Crippen molar-refractivity contribution in [2.75, 3.05) is 11.9 Å². The molecule has 4 saturated carbocycles. The van der Waals surface area contributed by atoms with E-state index in [1.54, 1.807) is 0 Å². The van der Waals surface area contributed by atoms with Crippen LogP contribution in [0.25, 0.3) is 10.8 Å². The van der Waals surface area contributed by atoms with Gasteiger partial charge in [-0.2, -0.15) is 0 Å². The number of hydrogen-bond acceptors (Lipinski definition) is 3. The van der Waals surface area contributed by atoms with Gasteiger partial charge in [-0.15, -0.1) is 0 Å². The minimum atomic E-state index is -1.04. The quantitative estimate of drug-likeness (QED) is 0.436. The number of aliphatic carboxylic acids is 1. The van der Waals surface area contributed by atoms with Crippen LogP contribution in [0, 0.1) is 5.41 Å². The molecule has 0 atom stereocenters. The monoisotopic (exact) mass is 479 g/mol. The summed E-state index contributed by atoms with van der Waals surface area (Å²) in [6.45, 7) is 7.50. The highest BCUT2D eigenvalue weighted by atomic mass is 28.3. The van der Waals surface area contributed by atoms with Gasteiger partial charge in [-0.3, -0.25) is 4.79 Å². The zero-order valence-corrected chi connectivity index (χ0v) is 22.4. The van der Waals surface area contributed by atoms with Gasteiger partial charge in [0.2, 0.25) is 0 Å². The Morgan fingerprint density at radius 3 is 2.09 bits per heavy atom. The molecule has 0 amide bonds. The first-order valence-electron chi connectivity index (χ1n) is 13.3. The lowest BCUT2D eigenvalue weighted by Crippen LogP contribution is -2.57. The summed E-state index contributed by atoms with van der Waals surface area (Å²) in [5, 5.41) is 12.2. The van der Waals surface area contributed by atoms with Crippen molar-refractivity contribution in [3.05, 3.63) is 36.4 Å². The molecule has 0 heterocycles. The largest absolute Gasteiger partial charge is 0.490 e. The smallest absolute Gasteiger partial charge is 0.309 e. The van der Waals surface area contributed by atoms with Crippen LogP contribution in [0.5, 0.6) is 5.75 Å². The molecule has 1 N–H and O–H groups in total. The standard InChI is InChI=1S/C29H41NO3Si/c1-30(29-16-13-28(14-17-29,15-18-29)27(31)32)23-7-5-22-20-25(8-6-21(22)19-23)33-24-9-11-26(12-10-24)34(2,3)4/h5-8,19-20,24,26H,9-18H2,1-4H3,(H,31,32). The van der Waals surface area contributed by atoms with Gasteiger partial charge < -0.3 is 14.7 Å². The van der Waals surface area contributed by atoms with Gasteiger partial charge in [0.05, 0.1) is 11.5 Å². The van der Waals surface area contributed by atoms with Crippen molar-refractivity contribution in [3.63, 3.8) is 0 Å². The van der Waals surface area contributed by atoms with E-state index in [2.05, 4.69) is 68.0 Å². The molecular weight excluding hydrogens is 438 g/mol. The molecule has 0 spiro atoms. The summed E-state index contributed by atoms with van der Waals surface area (Å²) < 4.78 is 6.42. The van der Waals surface area contributed by atoms with Crippen LogP contribution < -0.4 is 9.64 Å². The molecule has 2 aromatic rings. The van der Waals surface area contributed by atoms with E-state index >= 15 is 0 Å². The fraction of sp³-hybridized carbons (Fsp3) is 0.621. The van der Waals surface area contributed by atoms with Crippen LogP contribution in [-0.2, 0) is 4.79 Å². The van der Waals surface area contributed by atoms with Gasteiger partial charge in [-0.25, -0.2) is 0 Å². The number of nitrogens with zero attached hydrogens (tertiary/aromatic N) is 1. The molecule has 6 rings (SSSR count). The van der Waals surface area contributed by atoms with Crippen LogP contribution in [0.15, 0.2) is 36.4 Å². The highest BCUT2D eigenvalue weighted by molar-refractivity contribution is 6.77. The summed E-state index contributed by atoms with van der Waals surface area (Å²) in [4.78, 5) is 14.3. The average Bonchev–Trinajstić information content (AvgIpc) is 2.84. The number of carboxylic acids is 1. The Labute approximate surface area is 205 Å². The first-order chi connectivity index (χ1) is 16.1. The molecule has 0 aliphatic heterocycles. The van der Waals surface area contributed by atoms with Crippen molar-refractivity contribution in [1.29, 1.82) is 0 Å². The zero-order chi connectivity index (χ0) is 24.1.